The highest BCUT2D eigenvalue weighted by Crippen LogP contribution is 2.26. The number of carbonyl (C=O) groups excluding carboxylic acids is 1. The monoisotopic (exact) mass is 249 g/mol. The summed E-state index contributed by atoms with van der Waals surface area (Å²) < 4.78 is 12.9. The van der Waals surface area contributed by atoms with Gasteiger partial charge in [-0.3, -0.25) is 4.79 Å². The minimum atomic E-state index is -0.278. The van der Waals surface area contributed by atoms with E-state index in [2.05, 4.69) is 10.3 Å². The standard InChI is InChI=1S/C13H16FN3O/c14-10-1-3-11(4-2-10)17-13(18)6-8-16(17)12-5-7-15-9-12/h1-4,12,15H,5-9H2. The van der Waals surface area contributed by atoms with Crippen LogP contribution in [0.15, 0.2) is 24.3 Å². The summed E-state index contributed by atoms with van der Waals surface area (Å²) in [6.45, 7) is 2.65. The molecule has 2 saturated heterocycles. The fraction of sp³-hybridized carbons (Fsp3) is 0.462. The third-order valence-corrected chi connectivity index (χ3v) is 3.57. The van der Waals surface area contributed by atoms with Gasteiger partial charge in [-0.1, -0.05) is 0 Å². The summed E-state index contributed by atoms with van der Waals surface area (Å²) in [7, 11) is 0. The van der Waals surface area contributed by atoms with Crippen LogP contribution in [0.4, 0.5) is 10.1 Å². The Labute approximate surface area is 105 Å². The van der Waals surface area contributed by atoms with Crippen LogP contribution in [-0.4, -0.2) is 36.6 Å². The van der Waals surface area contributed by atoms with Crippen LogP contribution in [0, 0.1) is 5.82 Å². The van der Waals surface area contributed by atoms with Gasteiger partial charge in [-0.15, -0.1) is 0 Å². The molecular formula is C13H16FN3O. The number of rotatable bonds is 2. The molecule has 96 valence electrons. The lowest BCUT2D eigenvalue weighted by atomic mass is 10.2. The largest absolute Gasteiger partial charge is 0.315 e. The van der Waals surface area contributed by atoms with Crippen LogP contribution >= 0.6 is 0 Å². The molecule has 1 aromatic rings. The molecular weight excluding hydrogens is 233 g/mol. The fourth-order valence-electron chi connectivity index (χ4n) is 2.67. The van der Waals surface area contributed by atoms with Crippen LogP contribution in [0.5, 0.6) is 0 Å². The molecule has 0 aromatic heterocycles. The maximum absolute atomic E-state index is 12.9. The summed E-state index contributed by atoms with van der Waals surface area (Å²) in [6.07, 6.45) is 1.58. The molecule has 3 rings (SSSR count). The number of carbonyl (C=O) groups is 1. The Morgan fingerprint density at radius 1 is 1.28 bits per heavy atom. The maximum Gasteiger partial charge on any atom is 0.242 e. The molecule has 0 saturated carbocycles. The third kappa shape index (κ3) is 2.00. The molecule has 1 aromatic carbocycles. The second kappa shape index (κ2) is 4.66. The van der Waals surface area contributed by atoms with E-state index in [4.69, 9.17) is 0 Å². The lowest BCUT2D eigenvalue weighted by Crippen LogP contribution is -2.46. The average molecular weight is 249 g/mol. The molecule has 5 heteroatoms. The van der Waals surface area contributed by atoms with Crippen molar-refractivity contribution in [2.24, 2.45) is 0 Å². The summed E-state index contributed by atoms with van der Waals surface area (Å²) in [4.78, 5) is 12.0. The summed E-state index contributed by atoms with van der Waals surface area (Å²) >= 11 is 0. The second-order valence-corrected chi connectivity index (χ2v) is 4.74. The first-order valence-electron chi connectivity index (χ1n) is 6.31. The van der Waals surface area contributed by atoms with E-state index in [9.17, 15) is 9.18 Å². The summed E-state index contributed by atoms with van der Waals surface area (Å²) in [5.41, 5.74) is 0.755. The van der Waals surface area contributed by atoms with E-state index in [1.807, 2.05) is 0 Å². The smallest absolute Gasteiger partial charge is 0.242 e. The molecule has 1 amide bonds. The van der Waals surface area contributed by atoms with Crippen molar-refractivity contribution >= 4 is 11.6 Å². The van der Waals surface area contributed by atoms with E-state index in [1.165, 1.54) is 12.1 Å². The number of hydrazine groups is 1. The van der Waals surface area contributed by atoms with E-state index < -0.39 is 0 Å². The predicted molar refractivity (Wildman–Crippen MR) is 66.5 cm³/mol. The van der Waals surface area contributed by atoms with Crippen LogP contribution in [0.25, 0.3) is 0 Å². The molecule has 0 radical (unpaired) electrons. The normalized spacial score (nSPS) is 25.1. The van der Waals surface area contributed by atoms with Crippen molar-refractivity contribution in [3.63, 3.8) is 0 Å². The van der Waals surface area contributed by atoms with E-state index in [-0.39, 0.29) is 11.7 Å². The minimum absolute atomic E-state index is 0.0912. The highest BCUT2D eigenvalue weighted by atomic mass is 19.1. The number of anilines is 1. The van der Waals surface area contributed by atoms with Crippen molar-refractivity contribution in [2.45, 2.75) is 18.9 Å². The Kier molecular flexibility index (Phi) is 3.01. The average Bonchev–Trinajstić information content (AvgIpc) is 2.99. The van der Waals surface area contributed by atoms with Crippen molar-refractivity contribution < 1.29 is 9.18 Å². The summed E-state index contributed by atoms with van der Waals surface area (Å²) in [6, 6.07) is 6.47. The first-order valence-corrected chi connectivity index (χ1v) is 6.31. The number of amides is 1. The van der Waals surface area contributed by atoms with Crippen molar-refractivity contribution in [1.82, 2.24) is 10.3 Å². The van der Waals surface area contributed by atoms with Gasteiger partial charge in [0.1, 0.15) is 5.82 Å². The first kappa shape index (κ1) is 11.6. The predicted octanol–water partition coefficient (Wildman–Crippen LogP) is 1.14. The maximum atomic E-state index is 12.9. The highest BCUT2D eigenvalue weighted by molar-refractivity contribution is 5.94. The van der Waals surface area contributed by atoms with Gasteiger partial charge in [-0.25, -0.2) is 14.4 Å². The zero-order valence-corrected chi connectivity index (χ0v) is 10.1. The number of nitrogens with zero attached hydrogens (tertiary/aromatic N) is 2. The Hall–Kier alpha value is -1.46. The molecule has 4 nitrogen and oxygen atoms in total. The van der Waals surface area contributed by atoms with Gasteiger partial charge in [-0.05, 0) is 37.2 Å². The molecule has 0 spiro atoms. The molecule has 2 heterocycles. The highest BCUT2D eigenvalue weighted by Gasteiger charge is 2.36. The number of nitrogens with one attached hydrogen (secondary N) is 1. The Morgan fingerprint density at radius 2 is 2.06 bits per heavy atom. The van der Waals surface area contributed by atoms with Crippen LogP contribution in [0.2, 0.25) is 0 Å². The van der Waals surface area contributed by atoms with Gasteiger partial charge in [0, 0.05) is 25.6 Å². The van der Waals surface area contributed by atoms with Gasteiger partial charge in [0.05, 0.1) is 5.69 Å². The lowest BCUT2D eigenvalue weighted by Gasteiger charge is -2.32. The molecule has 1 atom stereocenters. The van der Waals surface area contributed by atoms with Crippen molar-refractivity contribution in [3.8, 4) is 0 Å². The van der Waals surface area contributed by atoms with Crippen LogP contribution in [-0.2, 0) is 4.79 Å². The topological polar surface area (TPSA) is 35.6 Å². The van der Waals surface area contributed by atoms with Crippen LogP contribution in [0.3, 0.4) is 0 Å². The van der Waals surface area contributed by atoms with E-state index in [0.717, 1.165) is 31.7 Å². The number of halogens is 1. The van der Waals surface area contributed by atoms with Gasteiger partial charge < -0.3 is 5.32 Å². The quantitative estimate of drug-likeness (QED) is 0.853. The molecule has 1 unspecified atom stereocenters. The third-order valence-electron chi connectivity index (χ3n) is 3.57. The zero-order valence-electron chi connectivity index (χ0n) is 10.1. The fourth-order valence-corrected chi connectivity index (χ4v) is 2.67. The van der Waals surface area contributed by atoms with Gasteiger partial charge in [0.15, 0.2) is 0 Å². The van der Waals surface area contributed by atoms with Crippen molar-refractivity contribution in [3.05, 3.63) is 30.1 Å². The number of hydrogen-bond acceptors (Lipinski definition) is 3. The zero-order chi connectivity index (χ0) is 12.5. The van der Waals surface area contributed by atoms with Crippen molar-refractivity contribution in [2.75, 3.05) is 24.6 Å². The summed E-state index contributed by atoms with van der Waals surface area (Å²) in [5.74, 6) is -0.187. The van der Waals surface area contributed by atoms with Gasteiger partial charge in [0.2, 0.25) is 5.91 Å². The van der Waals surface area contributed by atoms with E-state index >= 15 is 0 Å². The second-order valence-electron chi connectivity index (χ2n) is 4.74. The van der Waals surface area contributed by atoms with Gasteiger partial charge in [-0.2, -0.15) is 0 Å². The van der Waals surface area contributed by atoms with Gasteiger partial charge in [0.25, 0.3) is 0 Å². The number of benzene rings is 1. The Bertz CT molecular complexity index is 442. The van der Waals surface area contributed by atoms with E-state index in [1.54, 1.807) is 17.1 Å². The van der Waals surface area contributed by atoms with Crippen LogP contribution < -0.4 is 10.3 Å². The molecule has 0 aliphatic carbocycles. The van der Waals surface area contributed by atoms with E-state index in [0.29, 0.717) is 12.5 Å². The molecule has 2 aliphatic rings. The SMILES string of the molecule is O=C1CCN(C2CCNC2)N1c1ccc(F)cc1. The van der Waals surface area contributed by atoms with Crippen molar-refractivity contribution in [1.29, 1.82) is 0 Å². The molecule has 2 aliphatic heterocycles. The minimum Gasteiger partial charge on any atom is -0.315 e. The number of hydrogen-bond donors (Lipinski definition) is 1. The molecule has 1 N–H and O–H groups in total. The molecule has 0 bridgehead atoms. The lowest BCUT2D eigenvalue weighted by molar-refractivity contribution is -0.118. The Morgan fingerprint density at radius 3 is 2.72 bits per heavy atom. The summed E-state index contributed by atoms with van der Waals surface area (Å²) in [5, 5.41) is 7.12. The molecule has 2 fully saturated rings. The van der Waals surface area contributed by atoms with Crippen LogP contribution in [0.1, 0.15) is 12.8 Å². The molecule has 18 heavy (non-hydrogen) atoms. The first-order chi connectivity index (χ1) is 8.75. The Balaban J connectivity index is 1.86. The van der Waals surface area contributed by atoms with Gasteiger partial charge >= 0.3 is 0 Å².